The van der Waals surface area contributed by atoms with Crippen molar-refractivity contribution in [3.63, 3.8) is 0 Å². The van der Waals surface area contributed by atoms with E-state index in [4.69, 9.17) is 18.5 Å². The van der Waals surface area contributed by atoms with Gasteiger partial charge in [-0.25, -0.2) is 0 Å². The number of carbonyl (C=O) groups excluding carboxylic acids is 2. The molecule has 0 rings (SSSR count). The summed E-state index contributed by atoms with van der Waals surface area (Å²) >= 11 is 0. The molecular formula is C46H80NO9P. The second kappa shape index (κ2) is 37.7. The molecule has 3 atom stereocenters. The Morgan fingerprint density at radius 2 is 1.23 bits per heavy atom. The van der Waals surface area contributed by atoms with Crippen LogP contribution >= 0.6 is 7.82 Å². The van der Waals surface area contributed by atoms with Gasteiger partial charge in [0.25, 0.3) is 7.82 Å². The Kier molecular flexibility index (Phi) is 36.0. The summed E-state index contributed by atoms with van der Waals surface area (Å²) in [5.41, 5.74) is 0. The van der Waals surface area contributed by atoms with E-state index in [0.717, 1.165) is 64.2 Å². The molecule has 0 aromatic heterocycles. The second-order valence-corrected chi connectivity index (χ2v) is 16.9. The van der Waals surface area contributed by atoms with Gasteiger partial charge in [-0.05, 0) is 70.6 Å². The molecule has 0 amide bonds. The van der Waals surface area contributed by atoms with Gasteiger partial charge in [-0.3, -0.25) is 14.2 Å². The number of unbranched alkanes of at least 4 members (excludes halogenated alkanes) is 11. The fraction of sp³-hybridized carbons (Fsp3) is 0.696. The van der Waals surface area contributed by atoms with Gasteiger partial charge in [-0.1, -0.05) is 138 Å². The highest BCUT2D eigenvalue weighted by Gasteiger charge is 2.22. The predicted molar refractivity (Wildman–Crippen MR) is 232 cm³/mol. The van der Waals surface area contributed by atoms with Crippen molar-refractivity contribution >= 4 is 19.8 Å². The summed E-state index contributed by atoms with van der Waals surface area (Å²) in [5, 5.41) is 10.3. The molecule has 0 aliphatic carbocycles. The maximum absolute atomic E-state index is 12.7. The van der Waals surface area contributed by atoms with Crippen LogP contribution in [-0.4, -0.2) is 81.2 Å². The number of aliphatic hydroxyl groups is 1. The van der Waals surface area contributed by atoms with Gasteiger partial charge in [0.05, 0.1) is 33.9 Å². The molecule has 0 aromatic carbocycles. The largest absolute Gasteiger partial charge is 0.756 e. The lowest BCUT2D eigenvalue weighted by Crippen LogP contribution is -2.37. The Balaban J connectivity index is 4.60. The van der Waals surface area contributed by atoms with Gasteiger partial charge < -0.3 is 33.0 Å². The number of hydrogen-bond donors (Lipinski definition) is 1. The lowest BCUT2D eigenvalue weighted by molar-refractivity contribution is -0.870. The summed E-state index contributed by atoms with van der Waals surface area (Å²) in [6, 6.07) is 0. The predicted octanol–water partition coefficient (Wildman–Crippen LogP) is 10.6. The maximum Gasteiger partial charge on any atom is 0.306 e. The average molecular weight is 822 g/mol. The summed E-state index contributed by atoms with van der Waals surface area (Å²) in [6.45, 7) is 3.85. The molecule has 0 fully saturated rings. The topological polar surface area (TPSA) is 131 Å². The standard InChI is InChI=1S/C46H80NO9P/c1-6-8-10-12-14-16-18-20-21-23-25-27-29-31-33-37-45(49)53-41-44(42-55-57(51,52)54-40-39-47(3,4)5)56-46(50)38-34-36-43(48)35-32-30-28-26-24-22-19-17-15-13-11-9-7-2/h9,11,15,17,20-22,24,28,30,32,35,43-44,48H,6-8,10,12-14,16,18-19,23,25-27,29,31,33-34,36-42H2,1-5H3/b11-9-,17-15-,21-20-,24-22-,30-28-,35-32+. The van der Waals surface area contributed by atoms with Crippen molar-refractivity contribution in [3.05, 3.63) is 72.9 Å². The number of nitrogens with zero attached hydrogens (tertiary/aromatic N) is 1. The van der Waals surface area contributed by atoms with E-state index >= 15 is 0 Å². The second-order valence-electron chi connectivity index (χ2n) is 15.5. The molecule has 0 aromatic rings. The van der Waals surface area contributed by atoms with Gasteiger partial charge in [0.1, 0.15) is 19.8 Å². The Hall–Kier alpha value is -2.59. The molecular weight excluding hydrogens is 741 g/mol. The highest BCUT2D eigenvalue weighted by atomic mass is 31.2. The van der Waals surface area contributed by atoms with Crippen LogP contribution in [0.25, 0.3) is 0 Å². The van der Waals surface area contributed by atoms with Gasteiger partial charge in [0.15, 0.2) is 6.10 Å². The van der Waals surface area contributed by atoms with E-state index in [1.54, 1.807) is 12.2 Å². The van der Waals surface area contributed by atoms with Crippen molar-refractivity contribution in [2.75, 3.05) is 47.5 Å². The monoisotopic (exact) mass is 822 g/mol. The fourth-order valence-electron chi connectivity index (χ4n) is 5.38. The van der Waals surface area contributed by atoms with Crippen LogP contribution in [0.4, 0.5) is 0 Å². The van der Waals surface area contributed by atoms with Gasteiger partial charge >= 0.3 is 11.9 Å². The van der Waals surface area contributed by atoms with E-state index in [1.807, 2.05) is 33.3 Å². The molecule has 3 unspecified atom stereocenters. The van der Waals surface area contributed by atoms with Crippen LogP contribution in [0.2, 0.25) is 0 Å². The van der Waals surface area contributed by atoms with Crippen LogP contribution in [0.1, 0.15) is 149 Å². The maximum atomic E-state index is 12.7. The summed E-state index contributed by atoms with van der Waals surface area (Å²) in [7, 11) is 1.03. The molecule has 57 heavy (non-hydrogen) atoms. The molecule has 0 spiro atoms. The van der Waals surface area contributed by atoms with Gasteiger partial charge in [0, 0.05) is 12.8 Å². The number of esters is 2. The third-order valence-electron chi connectivity index (χ3n) is 8.81. The van der Waals surface area contributed by atoms with Crippen LogP contribution in [0.3, 0.4) is 0 Å². The number of likely N-dealkylation sites (N-methyl/N-ethyl adjacent to an activating group) is 1. The van der Waals surface area contributed by atoms with Crippen molar-refractivity contribution in [3.8, 4) is 0 Å². The third kappa shape index (κ3) is 41.4. The van der Waals surface area contributed by atoms with Gasteiger partial charge in [-0.2, -0.15) is 0 Å². The van der Waals surface area contributed by atoms with E-state index < -0.39 is 38.6 Å². The molecule has 11 heteroatoms. The Labute approximate surface area is 347 Å². The molecule has 0 bridgehead atoms. The lowest BCUT2D eigenvalue weighted by atomic mass is 10.1. The summed E-state index contributed by atoms with van der Waals surface area (Å²) in [4.78, 5) is 37.5. The summed E-state index contributed by atoms with van der Waals surface area (Å²) in [5.74, 6) is -1.06. The minimum atomic E-state index is -4.68. The SMILES string of the molecule is CC/C=C\C/C=C\C/C=C\C/C=C\C=C\C(O)CCCC(=O)OC(COC(=O)CCCCCCC/C=C\CCCCCCCC)COP(=O)([O-])OCC[N+](C)(C)C. The fourth-order valence-corrected chi connectivity index (χ4v) is 6.11. The lowest BCUT2D eigenvalue weighted by Gasteiger charge is -2.28. The zero-order chi connectivity index (χ0) is 42.3. The number of aliphatic hydroxyl groups excluding tert-OH is 1. The summed E-state index contributed by atoms with van der Waals surface area (Å²) in [6.07, 6.45) is 42.5. The molecule has 0 saturated carbocycles. The van der Waals surface area contributed by atoms with Crippen LogP contribution in [0.5, 0.6) is 0 Å². The van der Waals surface area contributed by atoms with Crippen LogP contribution in [0.15, 0.2) is 72.9 Å². The first-order valence-electron chi connectivity index (χ1n) is 21.8. The van der Waals surface area contributed by atoms with Gasteiger partial charge in [-0.15, -0.1) is 0 Å². The number of rotatable bonds is 38. The average Bonchev–Trinajstić information content (AvgIpc) is 3.15. The first-order valence-corrected chi connectivity index (χ1v) is 23.2. The van der Waals surface area contributed by atoms with Crippen LogP contribution < -0.4 is 4.89 Å². The highest BCUT2D eigenvalue weighted by molar-refractivity contribution is 7.45. The number of ether oxygens (including phenoxy) is 2. The molecule has 0 saturated heterocycles. The quantitative estimate of drug-likeness (QED) is 0.0161. The normalized spacial score (nSPS) is 14.9. The molecule has 0 radical (unpaired) electrons. The number of phosphoric acid groups is 1. The van der Waals surface area contributed by atoms with E-state index in [9.17, 15) is 24.2 Å². The number of hydrogen-bond acceptors (Lipinski definition) is 9. The molecule has 1 N–H and O–H groups in total. The van der Waals surface area contributed by atoms with E-state index in [-0.39, 0.29) is 26.1 Å². The van der Waals surface area contributed by atoms with E-state index in [1.165, 1.54) is 38.5 Å². The van der Waals surface area contributed by atoms with Crippen LogP contribution in [0, 0.1) is 0 Å². The molecule has 0 aliphatic heterocycles. The van der Waals surface area contributed by atoms with Crippen molar-refractivity contribution in [1.29, 1.82) is 0 Å². The highest BCUT2D eigenvalue weighted by Crippen LogP contribution is 2.38. The number of carbonyl (C=O) groups is 2. The van der Waals surface area contributed by atoms with Crippen molar-refractivity contribution in [2.24, 2.45) is 0 Å². The van der Waals surface area contributed by atoms with Crippen molar-refractivity contribution < 1.29 is 47.2 Å². The van der Waals surface area contributed by atoms with Crippen molar-refractivity contribution in [1.82, 2.24) is 0 Å². The van der Waals surface area contributed by atoms with Crippen molar-refractivity contribution in [2.45, 2.75) is 161 Å². The first kappa shape index (κ1) is 54.4. The number of phosphoric ester groups is 1. The van der Waals surface area contributed by atoms with Crippen LogP contribution in [-0.2, 0) is 32.7 Å². The summed E-state index contributed by atoms with van der Waals surface area (Å²) < 4.78 is 33.7. The molecule has 0 aliphatic rings. The minimum absolute atomic E-state index is 0.0106. The Bertz CT molecular complexity index is 1220. The molecule has 0 heterocycles. The molecule has 328 valence electrons. The number of allylic oxidation sites excluding steroid dienone is 11. The van der Waals surface area contributed by atoms with E-state index in [2.05, 4.69) is 62.5 Å². The number of quaternary nitrogens is 1. The smallest absolute Gasteiger partial charge is 0.306 e. The molecule has 10 nitrogen and oxygen atoms in total. The Morgan fingerprint density at radius 1 is 0.667 bits per heavy atom. The van der Waals surface area contributed by atoms with E-state index in [0.29, 0.717) is 30.3 Å². The first-order chi connectivity index (χ1) is 27.4. The Morgan fingerprint density at radius 3 is 1.84 bits per heavy atom. The third-order valence-corrected chi connectivity index (χ3v) is 9.78. The zero-order valence-electron chi connectivity index (χ0n) is 36.4. The minimum Gasteiger partial charge on any atom is -0.756 e. The van der Waals surface area contributed by atoms with Gasteiger partial charge in [0.2, 0.25) is 0 Å². The zero-order valence-corrected chi connectivity index (χ0v) is 37.3.